The van der Waals surface area contributed by atoms with Crippen molar-refractivity contribution in [3.8, 4) is 0 Å². The number of allylic oxidation sites excluding steroid dienone is 5. The number of ether oxygens (including phenoxy) is 1. The third-order valence-corrected chi connectivity index (χ3v) is 7.92. The van der Waals surface area contributed by atoms with E-state index in [1.807, 2.05) is 0 Å². The second kappa shape index (κ2) is 6.67. The second-order valence-electron chi connectivity index (χ2n) is 9.42. The van der Waals surface area contributed by atoms with Crippen LogP contribution in [0.1, 0.15) is 40.0 Å². The largest absolute Gasteiger partial charge is 0.457 e. The van der Waals surface area contributed by atoms with Gasteiger partial charge in [-0.3, -0.25) is 14.4 Å². The molecule has 0 saturated heterocycles. The predicted molar refractivity (Wildman–Crippen MR) is 104 cm³/mol. The fourth-order valence-electron chi connectivity index (χ4n) is 6.45. The van der Waals surface area contributed by atoms with Gasteiger partial charge in [0.1, 0.15) is 6.17 Å². The minimum absolute atomic E-state index is 0.01000. The lowest BCUT2D eigenvalue weighted by atomic mass is 9.45. The topological polar surface area (TPSA) is 80.7 Å². The van der Waals surface area contributed by atoms with Crippen molar-refractivity contribution in [3.63, 3.8) is 0 Å². The molecule has 0 aromatic carbocycles. The fraction of sp³-hybridized carbons (Fsp3) is 0.609. The van der Waals surface area contributed by atoms with Gasteiger partial charge in [0, 0.05) is 29.2 Å². The molecule has 0 spiro atoms. The molecule has 0 aromatic rings. The molecule has 0 heterocycles. The number of hydrogen-bond acceptors (Lipinski definition) is 5. The molecule has 30 heavy (non-hydrogen) atoms. The Morgan fingerprint density at radius 2 is 2.00 bits per heavy atom. The number of Topliss-reactive ketones (excluding diaryl/α,β-unsaturated/α-hetero) is 1. The number of esters is 1. The first kappa shape index (κ1) is 21.1. The molecule has 4 aliphatic rings. The normalized spacial score (nSPS) is 44.4. The minimum Gasteiger partial charge on any atom is -0.457 e. The van der Waals surface area contributed by atoms with Gasteiger partial charge in [-0.25, -0.2) is 8.78 Å². The molecule has 2 unspecified atom stereocenters. The number of aliphatic hydroxyl groups excluding tert-OH is 1. The van der Waals surface area contributed by atoms with E-state index in [1.54, 1.807) is 19.9 Å². The molecular formula is C23H26F2O5. The van der Waals surface area contributed by atoms with Crippen molar-refractivity contribution in [3.05, 3.63) is 35.5 Å². The van der Waals surface area contributed by atoms with Crippen LogP contribution < -0.4 is 0 Å². The van der Waals surface area contributed by atoms with Crippen molar-refractivity contribution >= 4 is 17.5 Å². The van der Waals surface area contributed by atoms with Crippen LogP contribution in [0, 0.1) is 22.7 Å². The average Bonchev–Trinajstić information content (AvgIpc) is 3.00. The Labute approximate surface area is 173 Å². The van der Waals surface area contributed by atoms with Gasteiger partial charge in [-0.1, -0.05) is 19.1 Å². The summed E-state index contributed by atoms with van der Waals surface area (Å²) in [4.78, 5) is 35.6. The molecule has 0 aliphatic heterocycles. The lowest BCUT2D eigenvalue weighted by molar-refractivity contribution is -0.192. The molecule has 2 fully saturated rings. The van der Waals surface area contributed by atoms with Crippen LogP contribution in [-0.4, -0.2) is 47.2 Å². The van der Waals surface area contributed by atoms with Gasteiger partial charge >= 0.3 is 5.97 Å². The maximum absolute atomic E-state index is 16.8. The summed E-state index contributed by atoms with van der Waals surface area (Å²) >= 11 is 0. The van der Waals surface area contributed by atoms with Crippen molar-refractivity contribution in [2.45, 2.75) is 58.0 Å². The van der Waals surface area contributed by atoms with Crippen LogP contribution in [0.15, 0.2) is 35.5 Å². The van der Waals surface area contributed by atoms with E-state index in [9.17, 15) is 19.5 Å². The molecule has 162 valence electrons. The summed E-state index contributed by atoms with van der Waals surface area (Å²) in [5.41, 5.74) is -3.96. The van der Waals surface area contributed by atoms with Crippen LogP contribution in [0.3, 0.4) is 0 Å². The number of carbonyl (C=O) groups excluding carboxylic acids is 3. The number of ketones is 2. The zero-order chi connectivity index (χ0) is 22.1. The Morgan fingerprint density at radius 3 is 2.67 bits per heavy atom. The maximum Gasteiger partial charge on any atom is 0.303 e. The highest BCUT2D eigenvalue weighted by molar-refractivity contribution is 6.01. The van der Waals surface area contributed by atoms with Crippen LogP contribution in [0.25, 0.3) is 0 Å². The van der Waals surface area contributed by atoms with Crippen molar-refractivity contribution in [2.24, 2.45) is 22.7 Å². The lowest BCUT2D eigenvalue weighted by Crippen LogP contribution is -2.68. The predicted octanol–water partition coefficient (Wildman–Crippen LogP) is 2.97. The summed E-state index contributed by atoms with van der Waals surface area (Å²) in [6.07, 6.45) is 2.76. The van der Waals surface area contributed by atoms with E-state index in [0.29, 0.717) is 12.0 Å². The monoisotopic (exact) mass is 420 g/mol. The summed E-state index contributed by atoms with van der Waals surface area (Å²) in [6, 6.07) is 0. The quantitative estimate of drug-likeness (QED) is 0.710. The zero-order valence-electron chi connectivity index (χ0n) is 17.3. The molecule has 0 radical (unpaired) electrons. The van der Waals surface area contributed by atoms with Crippen LogP contribution in [0.2, 0.25) is 0 Å². The summed E-state index contributed by atoms with van der Waals surface area (Å²) in [7, 11) is 0. The van der Waals surface area contributed by atoms with E-state index >= 15 is 8.78 Å². The fourth-order valence-corrected chi connectivity index (χ4v) is 6.45. The molecule has 0 aromatic heterocycles. The van der Waals surface area contributed by atoms with Crippen molar-refractivity contribution < 1.29 is 33.0 Å². The molecule has 5 nitrogen and oxygen atoms in total. The SMILES string of the molecule is CC(=O)OCC(=O)C1=CCC2C3C[C@H](F)C4=CC(=O)C=C[C@]4(C)[C@@]3(F)[C@@H](O)C[C@]12C. The van der Waals surface area contributed by atoms with E-state index in [0.717, 1.165) is 6.08 Å². The van der Waals surface area contributed by atoms with Gasteiger partial charge in [0.25, 0.3) is 0 Å². The highest BCUT2D eigenvalue weighted by Crippen LogP contribution is 2.68. The third kappa shape index (κ3) is 2.63. The number of halogens is 2. The first-order valence-corrected chi connectivity index (χ1v) is 10.3. The van der Waals surface area contributed by atoms with Gasteiger partial charge < -0.3 is 9.84 Å². The van der Waals surface area contributed by atoms with E-state index in [-0.39, 0.29) is 35.9 Å². The molecule has 0 bridgehead atoms. The standard InChI is InChI=1S/C23H26F2O5/c1-12(26)30-11-19(28)15-5-4-14-16-9-18(24)17-8-13(27)6-7-22(17,3)23(16,25)20(29)10-21(14,15)2/h5-8,14,16,18,20,29H,4,9-11H2,1-3H3/t14?,16?,18-,20-,21-,22-,23-/m0/s1. The van der Waals surface area contributed by atoms with Gasteiger partial charge in [0.2, 0.25) is 0 Å². The molecular weight excluding hydrogens is 394 g/mol. The smallest absolute Gasteiger partial charge is 0.303 e. The number of fused-ring (bicyclic) bond motifs is 5. The second-order valence-corrected chi connectivity index (χ2v) is 9.42. The Kier molecular flexibility index (Phi) is 4.69. The van der Waals surface area contributed by atoms with Gasteiger partial charge in [-0.05, 0) is 49.8 Å². The zero-order valence-corrected chi connectivity index (χ0v) is 17.3. The number of alkyl halides is 2. The van der Waals surface area contributed by atoms with E-state index in [2.05, 4.69) is 0 Å². The third-order valence-electron chi connectivity index (χ3n) is 7.92. The summed E-state index contributed by atoms with van der Waals surface area (Å²) in [6.45, 7) is 4.14. The molecule has 1 N–H and O–H groups in total. The van der Waals surface area contributed by atoms with Crippen LogP contribution in [0.5, 0.6) is 0 Å². The molecule has 4 rings (SSSR count). The number of carbonyl (C=O) groups is 3. The first-order chi connectivity index (χ1) is 13.9. The first-order valence-electron chi connectivity index (χ1n) is 10.3. The highest BCUT2D eigenvalue weighted by Gasteiger charge is 2.71. The van der Waals surface area contributed by atoms with E-state index in [1.165, 1.54) is 19.1 Å². The Hall–Kier alpha value is -2.15. The van der Waals surface area contributed by atoms with Gasteiger partial charge in [0.05, 0.1) is 6.10 Å². The van der Waals surface area contributed by atoms with Gasteiger partial charge in [0.15, 0.2) is 23.8 Å². The highest BCUT2D eigenvalue weighted by atomic mass is 19.1. The van der Waals surface area contributed by atoms with Gasteiger partial charge in [-0.2, -0.15) is 0 Å². The van der Waals surface area contributed by atoms with Crippen LogP contribution >= 0.6 is 0 Å². The Morgan fingerprint density at radius 1 is 1.30 bits per heavy atom. The van der Waals surface area contributed by atoms with Gasteiger partial charge in [-0.15, -0.1) is 0 Å². The molecule has 7 heteroatoms. The minimum atomic E-state index is -2.16. The van der Waals surface area contributed by atoms with Crippen molar-refractivity contribution in [1.82, 2.24) is 0 Å². The summed E-state index contributed by atoms with van der Waals surface area (Å²) in [5.74, 6) is -2.56. The average molecular weight is 420 g/mol. The number of hydrogen-bond donors (Lipinski definition) is 1. The molecule has 2 saturated carbocycles. The number of aliphatic hydroxyl groups is 1. The summed E-state index contributed by atoms with van der Waals surface area (Å²) in [5, 5.41) is 11.1. The maximum atomic E-state index is 16.8. The van der Waals surface area contributed by atoms with Crippen LogP contribution in [0.4, 0.5) is 8.78 Å². The lowest BCUT2D eigenvalue weighted by Gasteiger charge is -2.62. The Balaban J connectivity index is 1.72. The molecule has 4 aliphatic carbocycles. The number of rotatable bonds is 3. The molecule has 0 amide bonds. The Bertz CT molecular complexity index is 921. The van der Waals surface area contributed by atoms with E-state index in [4.69, 9.17) is 4.74 Å². The van der Waals surface area contributed by atoms with E-state index < -0.39 is 47.3 Å². The van der Waals surface area contributed by atoms with Crippen LogP contribution in [-0.2, 0) is 19.1 Å². The van der Waals surface area contributed by atoms with Crippen molar-refractivity contribution in [1.29, 1.82) is 0 Å². The van der Waals surface area contributed by atoms with Crippen molar-refractivity contribution in [2.75, 3.05) is 6.61 Å². The molecule has 7 atom stereocenters. The summed E-state index contributed by atoms with van der Waals surface area (Å²) < 4.78 is 36.9.